The smallest absolute Gasteiger partial charge is 0.0321 e. The summed E-state index contributed by atoms with van der Waals surface area (Å²) in [6.45, 7) is 11.1. The summed E-state index contributed by atoms with van der Waals surface area (Å²) >= 11 is 0. The number of benzene rings is 1. The molecular formula is C19H25N. The third-order valence-corrected chi connectivity index (χ3v) is 3.98. The first-order chi connectivity index (χ1) is 9.74. The molecule has 0 N–H and O–H groups in total. The molecule has 1 aromatic rings. The SMILES string of the molecule is C=CCC1C=C(C)CC(CC=C)N1Cc1ccccc1. The first-order valence-corrected chi connectivity index (χ1v) is 7.43. The molecule has 1 aliphatic rings. The predicted octanol–water partition coefficient (Wildman–Crippen LogP) is 4.73. The van der Waals surface area contributed by atoms with Crippen molar-refractivity contribution in [3.63, 3.8) is 0 Å². The van der Waals surface area contributed by atoms with Crippen LogP contribution >= 0.6 is 0 Å². The van der Waals surface area contributed by atoms with E-state index >= 15 is 0 Å². The summed E-state index contributed by atoms with van der Waals surface area (Å²) in [6, 6.07) is 11.7. The van der Waals surface area contributed by atoms with Crippen molar-refractivity contribution in [1.82, 2.24) is 4.90 Å². The van der Waals surface area contributed by atoms with Gasteiger partial charge < -0.3 is 0 Å². The maximum Gasteiger partial charge on any atom is 0.0321 e. The van der Waals surface area contributed by atoms with Gasteiger partial charge in [0.05, 0.1) is 0 Å². The van der Waals surface area contributed by atoms with Crippen molar-refractivity contribution in [3.8, 4) is 0 Å². The minimum Gasteiger partial charge on any atom is -0.289 e. The molecule has 1 heterocycles. The molecule has 0 saturated carbocycles. The number of hydrogen-bond donors (Lipinski definition) is 0. The molecule has 0 bridgehead atoms. The van der Waals surface area contributed by atoms with Crippen LogP contribution in [0.15, 0.2) is 67.3 Å². The highest BCUT2D eigenvalue weighted by Gasteiger charge is 2.27. The van der Waals surface area contributed by atoms with E-state index in [4.69, 9.17) is 0 Å². The Kier molecular flexibility index (Phi) is 5.37. The van der Waals surface area contributed by atoms with E-state index in [2.05, 4.69) is 61.4 Å². The molecule has 106 valence electrons. The summed E-state index contributed by atoms with van der Waals surface area (Å²) in [6.07, 6.45) is 9.69. The molecule has 0 aliphatic carbocycles. The maximum atomic E-state index is 3.93. The maximum absolute atomic E-state index is 3.93. The van der Waals surface area contributed by atoms with Crippen molar-refractivity contribution in [2.45, 2.75) is 44.8 Å². The second-order valence-electron chi connectivity index (χ2n) is 5.65. The largest absolute Gasteiger partial charge is 0.289 e. The lowest BCUT2D eigenvalue weighted by Gasteiger charge is -2.40. The lowest BCUT2D eigenvalue weighted by Crippen LogP contribution is -2.44. The first kappa shape index (κ1) is 14.8. The molecule has 2 rings (SSSR count). The minimum atomic E-state index is 0.464. The van der Waals surface area contributed by atoms with Crippen LogP contribution in [0.5, 0.6) is 0 Å². The molecule has 1 aromatic carbocycles. The highest BCUT2D eigenvalue weighted by atomic mass is 15.2. The Hall–Kier alpha value is -1.60. The summed E-state index contributed by atoms with van der Waals surface area (Å²) in [4.78, 5) is 2.60. The Morgan fingerprint density at radius 2 is 1.85 bits per heavy atom. The summed E-state index contributed by atoms with van der Waals surface area (Å²) in [5.74, 6) is 0. The lowest BCUT2D eigenvalue weighted by atomic mass is 9.92. The number of hydrogen-bond acceptors (Lipinski definition) is 1. The van der Waals surface area contributed by atoms with Crippen LogP contribution in [0.3, 0.4) is 0 Å². The molecule has 0 spiro atoms. The third-order valence-electron chi connectivity index (χ3n) is 3.98. The Balaban J connectivity index is 2.21. The fourth-order valence-corrected chi connectivity index (χ4v) is 3.08. The van der Waals surface area contributed by atoms with Crippen molar-refractivity contribution in [2.24, 2.45) is 0 Å². The molecule has 1 nitrogen and oxygen atoms in total. The molecule has 0 radical (unpaired) electrons. The normalized spacial score (nSPS) is 23.1. The Labute approximate surface area is 123 Å². The van der Waals surface area contributed by atoms with Crippen LogP contribution in [0.2, 0.25) is 0 Å². The second kappa shape index (κ2) is 7.25. The van der Waals surface area contributed by atoms with Crippen molar-refractivity contribution in [2.75, 3.05) is 0 Å². The van der Waals surface area contributed by atoms with Crippen molar-refractivity contribution >= 4 is 0 Å². The molecular weight excluding hydrogens is 242 g/mol. The second-order valence-corrected chi connectivity index (χ2v) is 5.65. The molecule has 0 fully saturated rings. The zero-order valence-corrected chi connectivity index (χ0v) is 12.5. The van der Waals surface area contributed by atoms with Gasteiger partial charge in [-0.15, -0.1) is 13.2 Å². The zero-order valence-electron chi connectivity index (χ0n) is 12.5. The molecule has 0 amide bonds. The summed E-state index contributed by atoms with van der Waals surface area (Å²) < 4.78 is 0. The van der Waals surface area contributed by atoms with Gasteiger partial charge in [-0.25, -0.2) is 0 Å². The van der Waals surface area contributed by atoms with Crippen LogP contribution in [0.1, 0.15) is 31.7 Å². The Bertz CT molecular complexity index is 472. The standard InChI is InChI=1S/C19H25N/c1-4-9-18-13-16(3)14-19(10-5-2)20(18)15-17-11-7-6-8-12-17/h4-8,11-13,18-19H,1-2,9-10,14-15H2,3H3. The van der Waals surface area contributed by atoms with Crippen LogP contribution < -0.4 is 0 Å². The van der Waals surface area contributed by atoms with E-state index in [0.717, 1.165) is 25.8 Å². The quantitative estimate of drug-likeness (QED) is 0.674. The fourth-order valence-electron chi connectivity index (χ4n) is 3.08. The summed E-state index contributed by atoms with van der Waals surface area (Å²) in [7, 11) is 0. The zero-order chi connectivity index (χ0) is 14.4. The number of rotatable bonds is 6. The van der Waals surface area contributed by atoms with Gasteiger partial charge in [0.2, 0.25) is 0 Å². The average Bonchev–Trinajstić information content (AvgIpc) is 2.44. The monoisotopic (exact) mass is 267 g/mol. The van der Waals surface area contributed by atoms with Gasteiger partial charge in [0, 0.05) is 18.6 Å². The number of nitrogens with zero attached hydrogens (tertiary/aromatic N) is 1. The van der Waals surface area contributed by atoms with Gasteiger partial charge in [-0.05, 0) is 31.7 Å². The van der Waals surface area contributed by atoms with Crippen molar-refractivity contribution < 1.29 is 0 Å². The van der Waals surface area contributed by atoms with E-state index in [0.29, 0.717) is 12.1 Å². The third kappa shape index (κ3) is 3.71. The van der Waals surface area contributed by atoms with Gasteiger partial charge in [0.1, 0.15) is 0 Å². The van der Waals surface area contributed by atoms with Gasteiger partial charge in [0.15, 0.2) is 0 Å². The van der Waals surface area contributed by atoms with E-state index in [1.807, 2.05) is 12.2 Å². The molecule has 2 atom stereocenters. The van der Waals surface area contributed by atoms with Gasteiger partial charge in [-0.3, -0.25) is 4.90 Å². The average molecular weight is 267 g/mol. The first-order valence-electron chi connectivity index (χ1n) is 7.43. The van der Waals surface area contributed by atoms with Crippen LogP contribution in [0, 0.1) is 0 Å². The van der Waals surface area contributed by atoms with Crippen molar-refractivity contribution in [1.29, 1.82) is 0 Å². The highest BCUT2D eigenvalue weighted by molar-refractivity contribution is 5.19. The molecule has 20 heavy (non-hydrogen) atoms. The highest BCUT2D eigenvalue weighted by Crippen LogP contribution is 2.28. The van der Waals surface area contributed by atoms with E-state index in [-0.39, 0.29) is 0 Å². The molecule has 1 heteroatoms. The fraction of sp³-hybridized carbons (Fsp3) is 0.368. The molecule has 2 unspecified atom stereocenters. The van der Waals surface area contributed by atoms with Gasteiger partial charge in [0.25, 0.3) is 0 Å². The predicted molar refractivity (Wildman–Crippen MR) is 87.6 cm³/mol. The van der Waals surface area contributed by atoms with Crippen molar-refractivity contribution in [3.05, 3.63) is 72.9 Å². The van der Waals surface area contributed by atoms with Crippen LogP contribution in [0.4, 0.5) is 0 Å². The molecule has 1 aliphatic heterocycles. The van der Waals surface area contributed by atoms with Gasteiger partial charge in [-0.1, -0.05) is 54.1 Å². The summed E-state index contributed by atoms with van der Waals surface area (Å²) in [5, 5.41) is 0. The van der Waals surface area contributed by atoms with Crippen LogP contribution in [-0.4, -0.2) is 17.0 Å². The van der Waals surface area contributed by atoms with E-state index in [1.54, 1.807) is 0 Å². The van der Waals surface area contributed by atoms with E-state index in [1.165, 1.54) is 11.1 Å². The Morgan fingerprint density at radius 3 is 2.50 bits per heavy atom. The molecule has 0 saturated heterocycles. The summed E-state index contributed by atoms with van der Waals surface area (Å²) in [5.41, 5.74) is 2.87. The van der Waals surface area contributed by atoms with E-state index < -0.39 is 0 Å². The van der Waals surface area contributed by atoms with Crippen LogP contribution in [-0.2, 0) is 6.54 Å². The van der Waals surface area contributed by atoms with Gasteiger partial charge in [-0.2, -0.15) is 0 Å². The minimum absolute atomic E-state index is 0.464. The topological polar surface area (TPSA) is 3.24 Å². The van der Waals surface area contributed by atoms with Gasteiger partial charge >= 0.3 is 0 Å². The lowest BCUT2D eigenvalue weighted by molar-refractivity contribution is 0.138. The van der Waals surface area contributed by atoms with Crippen LogP contribution in [0.25, 0.3) is 0 Å². The Morgan fingerprint density at radius 1 is 1.15 bits per heavy atom. The molecule has 0 aromatic heterocycles. The van der Waals surface area contributed by atoms with E-state index in [9.17, 15) is 0 Å².